The molecule has 0 fully saturated rings. The summed E-state index contributed by atoms with van der Waals surface area (Å²) in [6, 6.07) is 14.4. The largest absolute Gasteiger partial charge is 0.493 e. The number of methoxy groups -OCH3 is 2. The van der Waals surface area contributed by atoms with Crippen LogP contribution in [0.15, 0.2) is 53.9 Å². The van der Waals surface area contributed by atoms with Crippen molar-refractivity contribution in [3.63, 3.8) is 0 Å². The zero-order valence-electron chi connectivity index (χ0n) is 16.4. The number of ether oxygens (including phenoxy) is 3. The SMILES string of the molecule is CCOC(=O)c1c(-c2ccccc2)csc1NC(=O)c1ccc(OC)c(OC)c1. The molecule has 0 saturated carbocycles. The highest BCUT2D eigenvalue weighted by Gasteiger charge is 2.23. The third kappa shape index (κ3) is 4.41. The second-order valence-corrected chi connectivity index (χ2v) is 6.84. The third-order valence-electron chi connectivity index (χ3n) is 4.23. The normalized spacial score (nSPS) is 10.3. The van der Waals surface area contributed by atoms with E-state index in [1.807, 2.05) is 35.7 Å². The summed E-state index contributed by atoms with van der Waals surface area (Å²) in [7, 11) is 3.03. The van der Waals surface area contributed by atoms with Crippen LogP contribution in [0.25, 0.3) is 11.1 Å². The predicted molar refractivity (Wildman–Crippen MR) is 113 cm³/mol. The first kappa shape index (κ1) is 20.4. The van der Waals surface area contributed by atoms with Gasteiger partial charge < -0.3 is 19.5 Å². The van der Waals surface area contributed by atoms with Gasteiger partial charge in [-0.1, -0.05) is 30.3 Å². The number of hydrogen-bond donors (Lipinski definition) is 1. The summed E-state index contributed by atoms with van der Waals surface area (Å²) in [5.41, 5.74) is 2.32. The van der Waals surface area contributed by atoms with Crippen molar-refractivity contribution in [3.8, 4) is 22.6 Å². The fourth-order valence-corrected chi connectivity index (χ4v) is 3.79. The van der Waals surface area contributed by atoms with Gasteiger partial charge in [0.15, 0.2) is 11.5 Å². The third-order valence-corrected chi connectivity index (χ3v) is 5.12. The van der Waals surface area contributed by atoms with Crippen LogP contribution in [0.2, 0.25) is 0 Å². The van der Waals surface area contributed by atoms with Crippen molar-refractivity contribution in [1.29, 1.82) is 0 Å². The van der Waals surface area contributed by atoms with Gasteiger partial charge in [0.25, 0.3) is 5.91 Å². The Hall–Kier alpha value is -3.32. The van der Waals surface area contributed by atoms with Crippen LogP contribution < -0.4 is 14.8 Å². The molecule has 0 aliphatic rings. The van der Waals surface area contributed by atoms with Gasteiger partial charge >= 0.3 is 5.97 Å². The Morgan fingerprint density at radius 1 is 1.00 bits per heavy atom. The van der Waals surface area contributed by atoms with Crippen LogP contribution in [-0.4, -0.2) is 32.7 Å². The first-order chi connectivity index (χ1) is 14.1. The summed E-state index contributed by atoms with van der Waals surface area (Å²) in [6.07, 6.45) is 0. The Morgan fingerprint density at radius 2 is 1.72 bits per heavy atom. The molecule has 0 aliphatic carbocycles. The highest BCUT2D eigenvalue weighted by Crippen LogP contribution is 2.37. The molecule has 1 N–H and O–H groups in total. The molecular weight excluding hydrogens is 390 g/mol. The van der Waals surface area contributed by atoms with Crippen LogP contribution in [0, 0.1) is 0 Å². The van der Waals surface area contributed by atoms with Gasteiger partial charge in [0.05, 0.1) is 20.8 Å². The number of hydrogen-bond acceptors (Lipinski definition) is 6. The van der Waals surface area contributed by atoms with Gasteiger partial charge in [0.1, 0.15) is 10.6 Å². The predicted octanol–water partition coefficient (Wildman–Crippen LogP) is 4.86. The van der Waals surface area contributed by atoms with Crippen molar-refractivity contribution >= 4 is 28.2 Å². The molecule has 0 spiro atoms. The Kier molecular flexibility index (Phi) is 6.51. The molecule has 6 nitrogen and oxygen atoms in total. The lowest BCUT2D eigenvalue weighted by molar-refractivity contribution is 0.0529. The zero-order valence-corrected chi connectivity index (χ0v) is 17.2. The fraction of sp³-hybridized carbons (Fsp3) is 0.182. The number of amides is 1. The van der Waals surface area contributed by atoms with Crippen LogP contribution in [-0.2, 0) is 4.74 Å². The summed E-state index contributed by atoms with van der Waals surface area (Å²) >= 11 is 1.28. The number of anilines is 1. The Balaban J connectivity index is 1.95. The molecule has 3 rings (SSSR count). The minimum absolute atomic E-state index is 0.242. The van der Waals surface area contributed by atoms with Crippen LogP contribution in [0.3, 0.4) is 0 Å². The number of esters is 1. The molecule has 1 aromatic heterocycles. The molecule has 0 unspecified atom stereocenters. The van der Waals surface area contributed by atoms with Crippen molar-refractivity contribution in [2.24, 2.45) is 0 Å². The molecular formula is C22H21NO5S. The standard InChI is InChI=1S/C22H21NO5S/c1-4-28-22(25)19-16(14-8-6-5-7-9-14)13-29-21(19)23-20(24)15-10-11-17(26-2)18(12-15)27-3/h5-13H,4H2,1-3H3,(H,23,24). The molecule has 7 heteroatoms. The number of rotatable bonds is 7. The molecule has 0 aliphatic heterocycles. The van der Waals surface area contributed by atoms with E-state index in [-0.39, 0.29) is 12.5 Å². The average Bonchev–Trinajstić information content (AvgIpc) is 3.17. The highest BCUT2D eigenvalue weighted by molar-refractivity contribution is 7.15. The van der Waals surface area contributed by atoms with E-state index in [9.17, 15) is 9.59 Å². The first-order valence-electron chi connectivity index (χ1n) is 8.96. The van der Waals surface area contributed by atoms with E-state index in [1.165, 1.54) is 25.6 Å². The van der Waals surface area contributed by atoms with Gasteiger partial charge in [-0.05, 0) is 30.7 Å². The number of nitrogens with one attached hydrogen (secondary N) is 1. The second kappa shape index (κ2) is 9.25. The summed E-state index contributed by atoms with van der Waals surface area (Å²) in [6.45, 7) is 1.99. The molecule has 1 heterocycles. The lowest BCUT2D eigenvalue weighted by Crippen LogP contribution is -2.15. The van der Waals surface area contributed by atoms with Crippen molar-refractivity contribution in [3.05, 3.63) is 65.0 Å². The van der Waals surface area contributed by atoms with Crippen molar-refractivity contribution in [2.75, 3.05) is 26.1 Å². The van der Waals surface area contributed by atoms with E-state index >= 15 is 0 Å². The highest BCUT2D eigenvalue weighted by atomic mass is 32.1. The topological polar surface area (TPSA) is 73.9 Å². The van der Waals surface area contributed by atoms with E-state index < -0.39 is 5.97 Å². The summed E-state index contributed by atoms with van der Waals surface area (Å²) in [5, 5.41) is 5.10. The Labute approximate surface area is 173 Å². The molecule has 0 bridgehead atoms. The minimum atomic E-state index is -0.477. The van der Waals surface area contributed by atoms with Gasteiger partial charge in [-0.15, -0.1) is 11.3 Å². The molecule has 0 atom stereocenters. The number of carbonyl (C=O) groups excluding carboxylic acids is 2. The van der Waals surface area contributed by atoms with Crippen molar-refractivity contribution < 1.29 is 23.8 Å². The number of benzene rings is 2. The Morgan fingerprint density at radius 3 is 2.38 bits per heavy atom. The molecule has 0 radical (unpaired) electrons. The lowest BCUT2D eigenvalue weighted by Gasteiger charge is -2.11. The molecule has 150 valence electrons. The van der Waals surface area contributed by atoms with Gasteiger partial charge in [0.2, 0.25) is 0 Å². The summed E-state index contributed by atoms with van der Waals surface area (Å²) < 4.78 is 15.7. The van der Waals surface area contributed by atoms with Crippen LogP contribution in [0.1, 0.15) is 27.6 Å². The zero-order chi connectivity index (χ0) is 20.8. The molecule has 0 saturated heterocycles. The molecule has 29 heavy (non-hydrogen) atoms. The lowest BCUT2D eigenvalue weighted by atomic mass is 10.0. The summed E-state index contributed by atoms with van der Waals surface area (Å²) in [4.78, 5) is 25.4. The van der Waals surface area contributed by atoms with Crippen LogP contribution in [0.5, 0.6) is 11.5 Å². The Bertz CT molecular complexity index is 1010. The van der Waals surface area contributed by atoms with Crippen LogP contribution >= 0.6 is 11.3 Å². The summed E-state index contributed by atoms with van der Waals surface area (Å²) in [5.74, 6) is 0.133. The molecule has 1 amide bonds. The van der Waals surface area contributed by atoms with Crippen molar-refractivity contribution in [1.82, 2.24) is 0 Å². The van der Waals surface area contributed by atoms with Gasteiger partial charge in [-0.2, -0.15) is 0 Å². The minimum Gasteiger partial charge on any atom is -0.493 e. The van der Waals surface area contributed by atoms with E-state index in [1.54, 1.807) is 25.1 Å². The number of thiophene rings is 1. The van der Waals surface area contributed by atoms with E-state index in [0.717, 1.165) is 11.1 Å². The van der Waals surface area contributed by atoms with E-state index in [4.69, 9.17) is 14.2 Å². The maximum atomic E-state index is 12.8. The van der Waals surface area contributed by atoms with E-state index in [0.29, 0.717) is 27.6 Å². The first-order valence-corrected chi connectivity index (χ1v) is 9.84. The number of carbonyl (C=O) groups is 2. The van der Waals surface area contributed by atoms with E-state index in [2.05, 4.69) is 5.32 Å². The second-order valence-electron chi connectivity index (χ2n) is 5.96. The molecule has 3 aromatic rings. The smallest absolute Gasteiger partial charge is 0.341 e. The maximum absolute atomic E-state index is 12.8. The quantitative estimate of drug-likeness (QED) is 0.562. The fourth-order valence-electron chi connectivity index (χ4n) is 2.84. The maximum Gasteiger partial charge on any atom is 0.341 e. The molecule has 2 aromatic carbocycles. The van der Waals surface area contributed by atoms with Gasteiger partial charge in [0, 0.05) is 16.5 Å². The average molecular weight is 411 g/mol. The van der Waals surface area contributed by atoms with Crippen LogP contribution in [0.4, 0.5) is 5.00 Å². The van der Waals surface area contributed by atoms with Crippen molar-refractivity contribution in [2.45, 2.75) is 6.92 Å². The van der Waals surface area contributed by atoms with Gasteiger partial charge in [-0.25, -0.2) is 4.79 Å². The monoisotopic (exact) mass is 411 g/mol. The van der Waals surface area contributed by atoms with Gasteiger partial charge in [-0.3, -0.25) is 4.79 Å².